The summed E-state index contributed by atoms with van der Waals surface area (Å²) in [6.07, 6.45) is -1.65. The summed E-state index contributed by atoms with van der Waals surface area (Å²) < 4.78 is 9.87. The molecule has 0 saturated carbocycles. The lowest BCUT2D eigenvalue weighted by Gasteiger charge is -2.28. The molecule has 1 aliphatic heterocycles. The van der Waals surface area contributed by atoms with Crippen molar-refractivity contribution in [3.05, 3.63) is 11.6 Å². The Morgan fingerprint density at radius 3 is 2.67 bits per heavy atom. The highest BCUT2D eigenvalue weighted by Crippen LogP contribution is 2.20. The number of rotatable bonds is 3. The van der Waals surface area contributed by atoms with Crippen LogP contribution in [0.4, 0.5) is 0 Å². The van der Waals surface area contributed by atoms with Crippen molar-refractivity contribution >= 4 is 5.97 Å². The summed E-state index contributed by atoms with van der Waals surface area (Å²) in [5.41, 5.74) is 0.165. The van der Waals surface area contributed by atoms with Crippen molar-refractivity contribution in [2.24, 2.45) is 0 Å². The Balaban J connectivity index is 2.92. The quantitative estimate of drug-likeness (QED) is 0.629. The predicted octanol–water partition coefficient (Wildman–Crippen LogP) is -0.385. The minimum absolute atomic E-state index is 0.165. The largest absolute Gasteiger partial charge is 0.456 e. The molecule has 4 atom stereocenters. The Morgan fingerprint density at radius 2 is 2.20 bits per heavy atom. The van der Waals surface area contributed by atoms with E-state index in [0.29, 0.717) is 0 Å². The van der Waals surface area contributed by atoms with Gasteiger partial charge >= 0.3 is 5.97 Å². The van der Waals surface area contributed by atoms with Crippen LogP contribution in [0.1, 0.15) is 13.8 Å². The van der Waals surface area contributed by atoms with Crippen LogP contribution in [0.25, 0.3) is 0 Å². The number of hydrogen-bond acceptors (Lipinski definition) is 5. The standard InChI is InChI=1S/C10H16O5/c1-5(11)9(14-3)7-4-8(12)6(2)15-10(7)13/h4-6,8-9,11-12H,1-3H3. The maximum Gasteiger partial charge on any atom is 0.336 e. The highest BCUT2D eigenvalue weighted by atomic mass is 16.6. The third-order valence-electron chi connectivity index (χ3n) is 2.36. The van der Waals surface area contributed by atoms with Gasteiger partial charge in [0, 0.05) is 7.11 Å². The molecule has 5 nitrogen and oxygen atoms in total. The smallest absolute Gasteiger partial charge is 0.336 e. The third-order valence-corrected chi connectivity index (χ3v) is 2.36. The lowest BCUT2D eigenvalue weighted by atomic mass is 9.99. The van der Waals surface area contributed by atoms with Gasteiger partial charge in [0.15, 0.2) is 0 Å². The van der Waals surface area contributed by atoms with Gasteiger partial charge < -0.3 is 19.7 Å². The van der Waals surface area contributed by atoms with Crippen LogP contribution in [0.3, 0.4) is 0 Å². The average Bonchev–Trinajstić information content (AvgIpc) is 2.14. The molecule has 0 spiro atoms. The molecular formula is C10H16O5. The van der Waals surface area contributed by atoms with Gasteiger partial charge in [0.25, 0.3) is 0 Å². The molecule has 2 N–H and O–H groups in total. The first-order valence-electron chi connectivity index (χ1n) is 4.79. The van der Waals surface area contributed by atoms with Crippen LogP contribution in [-0.2, 0) is 14.3 Å². The van der Waals surface area contributed by atoms with E-state index in [4.69, 9.17) is 9.47 Å². The van der Waals surface area contributed by atoms with Gasteiger partial charge in [0.1, 0.15) is 18.3 Å². The van der Waals surface area contributed by atoms with Gasteiger partial charge in [-0.1, -0.05) is 0 Å². The molecule has 1 heterocycles. The van der Waals surface area contributed by atoms with Gasteiger partial charge in [-0.15, -0.1) is 0 Å². The van der Waals surface area contributed by atoms with Crippen LogP contribution in [0, 0.1) is 0 Å². The third kappa shape index (κ3) is 2.56. The van der Waals surface area contributed by atoms with Gasteiger partial charge in [-0.2, -0.15) is 0 Å². The molecule has 15 heavy (non-hydrogen) atoms. The Labute approximate surface area is 88.3 Å². The minimum atomic E-state index is -0.853. The van der Waals surface area contributed by atoms with Gasteiger partial charge in [0.05, 0.1) is 11.7 Å². The maximum absolute atomic E-state index is 11.5. The van der Waals surface area contributed by atoms with Crippen molar-refractivity contribution in [1.29, 1.82) is 0 Å². The molecule has 4 unspecified atom stereocenters. The van der Waals surface area contributed by atoms with E-state index in [0.717, 1.165) is 0 Å². The summed E-state index contributed by atoms with van der Waals surface area (Å²) in [5, 5.41) is 18.9. The van der Waals surface area contributed by atoms with E-state index in [9.17, 15) is 15.0 Å². The van der Waals surface area contributed by atoms with E-state index in [1.165, 1.54) is 20.1 Å². The first-order valence-corrected chi connectivity index (χ1v) is 4.79. The number of carbonyl (C=O) groups excluding carboxylic acids is 1. The number of hydrogen-bond donors (Lipinski definition) is 2. The topological polar surface area (TPSA) is 76.0 Å². The van der Waals surface area contributed by atoms with Crippen molar-refractivity contribution in [1.82, 2.24) is 0 Å². The van der Waals surface area contributed by atoms with Crippen molar-refractivity contribution in [2.45, 2.75) is 38.3 Å². The van der Waals surface area contributed by atoms with Crippen LogP contribution in [0.15, 0.2) is 11.6 Å². The van der Waals surface area contributed by atoms with E-state index < -0.39 is 30.4 Å². The van der Waals surface area contributed by atoms with Crippen LogP contribution >= 0.6 is 0 Å². The van der Waals surface area contributed by atoms with Crippen molar-refractivity contribution in [3.63, 3.8) is 0 Å². The zero-order chi connectivity index (χ0) is 11.6. The zero-order valence-electron chi connectivity index (χ0n) is 9.01. The highest BCUT2D eigenvalue weighted by molar-refractivity contribution is 5.90. The Morgan fingerprint density at radius 1 is 1.60 bits per heavy atom. The number of carbonyl (C=O) groups is 1. The molecule has 0 amide bonds. The summed E-state index contributed by atoms with van der Waals surface area (Å²) in [5.74, 6) is -0.555. The van der Waals surface area contributed by atoms with E-state index in [2.05, 4.69) is 0 Å². The van der Waals surface area contributed by atoms with Crippen LogP contribution in [0.2, 0.25) is 0 Å². The van der Waals surface area contributed by atoms with Crippen LogP contribution in [0.5, 0.6) is 0 Å². The van der Waals surface area contributed by atoms with Gasteiger partial charge in [-0.05, 0) is 19.9 Å². The van der Waals surface area contributed by atoms with E-state index in [-0.39, 0.29) is 5.57 Å². The van der Waals surface area contributed by atoms with Gasteiger partial charge in [0.2, 0.25) is 0 Å². The second kappa shape index (κ2) is 4.74. The molecule has 0 radical (unpaired) electrons. The molecule has 1 aliphatic rings. The normalized spacial score (nSPS) is 30.5. The van der Waals surface area contributed by atoms with Crippen LogP contribution < -0.4 is 0 Å². The zero-order valence-corrected chi connectivity index (χ0v) is 9.01. The summed E-state index contributed by atoms with van der Waals surface area (Å²) in [6, 6.07) is 0. The van der Waals surface area contributed by atoms with Crippen molar-refractivity contribution in [2.75, 3.05) is 7.11 Å². The van der Waals surface area contributed by atoms with Crippen molar-refractivity contribution < 1.29 is 24.5 Å². The lowest BCUT2D eigenvalue weighted by Crippen LogP contribution is -2.40. The Bertz CT molecular complexity index is 271. The molecule has 0 aromatic rings. The maximum atomic E-state index is 11.5. The molecule has 0 aliphatic carbocycles. The summed E-state index contributed by atoms with van der Waals surface area (Å²) >= 11 is 0. The second-order valence-corrected chi connectivity index (χ2v) is 3.62. The number of aliphatic hydroxyl groups excluding tert-OH is 2. The molecule has 0 saturated heterocycles. The molecule has 0 aromatic heterocycles. The predicted molar refractivity (Wildman–Crippen MR) is 52.1 cm³/mol. The first kappa shape index (κ1) is 12.2. The minimum Gasteiger partial charge on any atom is -0.456 e. The van der Waals surface area contributed by atoms with Crippen LogP contribution in [-0.4, -0.2) is 47.7 Å². The number of aliphatic hydroxyl groups is 2. The number of methoxy groups -OCH3 is 1. The van der Waals surface area contributed by atoms with Gasteiger partial charge in [-0.3, -0.25) is 0 Å². The van der Waals surface area contributed by atoms with E-state index in [1.807, 2.05) is 0 Å². The molecule has 5 heteroatoms. The first-order chi connectivity index (χ1) is 6.97. The number of cyclic esters (lactones) is 1. The summed E-state index contributed by atoms with van der Waals surface area (Å²) in [7, 11) is 1.38. The summed E-state index contributed by atoms with van der Waals surface area (Å²) in [6.45, 7) is 3.10. The number of esters is 1. The fourth-order valence-corrected chi connectivity index (χ4v) is 1.49. The van der Waals surface area contributed by atoms with E-state index >= 15 is 0 Å². The SMILES string of the molecule is COC(C1=CC(O)C(C)OC1=O)C(C)O. The summed E-state index contributed by atoms with van der Waals surface area (Å²) in [4.78, 5) is 11.5. The molecule has 1 rings (SSSR count). The van der Waals surface area contributed by atoms with E-state index in [1.54, 1.807) is 6.92 Å². The number of ether oxygens (including phenoxy) is 2. The molecule has 0 aromatic carbocycles. The molecule has 86 valence electrons. The monoisotopic (exact) mass is 216 g/mol. The lowest BCUT2D eigenvalue weighted by molar-refractivity contribution is -0.152. The fraction of sp³-hybridized carbons (Fsp3) is 0.700. The fourth-order valence-electron chi connectivity index (χ4n) is 1.49. The molecule has 0 fully saturated rings. The molecule has 0 bridgehead atoms. The van der Waals surface area contributed by atoms with Crippen molar-refractivity contribution in [3.8, 4) is 0 Å². The highest BCUT2D eigenvalue weighted by Gasteiger charge is 2.33. The molecular weight excluding hydrogens is 200 g/mol. The Hall–Kier alpha value is -0.910. The average molecular weight is 216 g/mol. The van der Waals surface area contributed by atoms with Gasteiger partial charge in [-0.25, -0.2) is 4.79 Å². The second-order valence-electron chi connectivity index (χ2n) is 3.62. The Kier molecular flexibility index (Phi) is 3.84.